The molecule has 0 atom stereocenters. The van der Waals surface area contributed by atoms with Gasteiger partial charge in [-0.15, -0.1) is 0 Å². The number of aromatic nitrogens is 2. The summed E-state index contributed by atoms with van der Waals surface area (Å²) in [7, 11) is -3.88. The summed E-state index contributed by atoms with van der Waals surface area (Å²) in [6.07, 6.45) is 3.92. The lowest BCUT2D eigenvalue weighted by Gasteiger charge is -2.30. The first-order valence-electron chi connectivity index (χ1n) is 14.6. The van der Waals surface area contributed by atoms with E-state index in [2.05, 4.69) is 5.32 Å². The lowest BCUT2D eigenvalue weighted by molar-refractivity contribution is -0.149. The summed E-state index contributed by atoms with van der Waals surface area (Å²) in [5, 5.41) is 17.4. The molecular formula is C34H33N5O5S. The van der Waals surface area contributed by atoms with Crippen LogP contribution in [-0.2, 0) is 24.3 Å². The van der Waals surface area contributed by atoms with E-state index in [0.29, 0.717) is 35.3 Å². The summed E-state index contributed by atoms with van der Waals surface area (Å²) in [4.78, 5) is 25.3. The third-order valence-electron chi connectivity index (χ3n) is 7.56. The summed E-state index contributed by atoms with van der Waals surface area (Å²) in [6.45, 7) is 4.37. The zero-order chi connectivity index (χ0) is 32.0. The van der Waals surface area contributed by atoms with Gasteiger partial charge in [0.15, 0.2) is 0 Å². The Hall–Kier alpha value is -5.05. The minimum atomic E-state index is -3.88. The molecule has 1 aliphatic heterocycles. The topological polar surface area (TPSA) is 134 Å². The summed E-state index contributed by atoms with van der Waals surface area (Å²) in [6, 6.07) is 25.0. The maximum absolute atomic E-state index is 13.7. The van der Waals surface area contributed by atoms with E-state index in [4.69, 9.17) is 9.84 Å². The SMILES string of the molecule is CCOC(=O)C1CCN(S(=O)(=O)c2cccc(-c3nn(-c4ccccc4)cc3/C=C(/C#N)C(=O)Nc3ccc(C)cc3)c2)CC1. The molecule has 0 saturated carbocycles. The van der Waals surface area contributed by atoms with Crippen molar-refractivity contribution >= 4 is 33.7 Å². The number of para-hydroxylation sites is 1. The van der Waals surface area contributed by atoms with Crippen molar-refractivity contribution in [1.82, 2.24) is 14.1 Å². The van der Waals surface area contributed by atoms with Crippen LogP contribution in [0.3, 0.4) is 0 Å². The van der Waals surface area contributed by atoms with Gasteiger partial charge < -0.3 is 10.1 Å². The van der Waals surface area contributed by atoms with E-state index < -0.39 is 15.9 Å². The van der Waals surface area contributed by atoms with Crippen LogP contribution < -0.4 is 5.32 Å². The molecule has 3 aromatic carbocycles. The van der Waals surface area contributed by atoms with Gasteiger partial charge in [-0.2, -0.15) is 14.7 Å². The molecular weight excluding hydrogens is 590 g/mol. The van der Waals surface area contributed by atoms with Gasteiger partial charge in [-0.05, 0) is 69.2 Å². The van der Waals surface area contributed by atoms with E-state index >= 15 is 0 Å². The Morgan fingerprint density at radius 3 is 2.42 bits per heavy atom. The molecule has 45 heavy (non-hydrogen) atoms. The lowest BCUT2D eigenvalue weighted by Crippen LogP contribution is -2.40. The molecule has 2 heterocycles. The zero-order valence-electron chi connectivity index (χ0n) is 25.0. The first-order chi connectivity index (χ1) is 21.7. The highest BCUT2D eigenvalue weighted by atomic mass is 32.2. The molecule has 0 spiro atoms. The second kappa shape index (κ2) is 13.7. The molecule has 1 N–H and O–H groups in total. The largest absolute Gasteiger partial charge is 0.466 e. The highest BCUT2D eigenvalue weighted by Crippen LogP contribution is 2.30. The molecule has 1 saturated heterocycles. The van der Waals surface area contributed by atoms with E-state index in [0.717, 1.165) is 11.3 Å². The highest BCUT2D eigenvalue weighted by molar-refractivity contribution is 7.89. The predicted molar refractivity (Wildman–Crippen MR) is 171 cm³/mol. The average Bonchev–Trinajstić information content (AvgIpc) is 3.49. The number of nitriles is 1. The van der Waals surface area contributed by atoms with Crippen molar-refractivity contribution < 1.29 is 22.7 Å². The Bertz CT molecular complexity index is 1870. The van der Waals surface area contributed by atoms with Crippen molar-refractivity contribution in [2.24, 2.45) is 5.92 Å². The molecule has 1 aromatic heterocycles. The fourth-order valence-electron chi connectivity index (χ4n) is 5.11. The van der Waals surface area contributed by atoms with Crippen LogP contribution in [0, 0.1) is 24.2 Å². The van der Waals surface area contributed by atoms with Gasteiger partial charge in [0, 0.05) is 36.1 Å². The first kappa shape index (κ1) is 31.4. The fraction of sp³-hybridized carbons (Fsp3) is 0.235. The Morgan fingerprint density at radius 1 is 1.04 bits per heavy atom. The lowest BCUT2D eigenvalue weighted by atomic mass is 9.98. The number of aryl methyl sites for hydroxylation is 1. The van der Waals surface area contributed by atoms with Crippen molar-refractivity contribution in [3.05, 3.63) is 102 Å². The van der Waals surface area contributed by atoms with Crippen molar-refractivity contribution in [3.8, 4) is 23.0 Å². The molecule has 1 fully saturated rings. The number of nitrogens with zero attached hydrogens (tertiary/aromatic N) is 4. The van der Waals surface area contributed by atoms with Gasteiger partial charge in [-0.3, -0.25) is 9.59 Å². The number of piperidine rings is 1. The minimum absolute atomic E-state index is 0.0800. The van der Waals surface area contributed by atoms with Crippen LogP contribution in [0.15, 0.2) is 95.5 Å². The summed E-state index contributed by atoms with van der Waals surface area (Å²) >= 11 is 0. The standard InChI is InChI=1S/C34H33N5O5S/c1-3-44-34(41)25-16-18-38(19-17-25)45(42,43)31-11-7-8-26(21-31)32-28(23-39(37-32)30-9-5-4-6-10-30)20-27(22-35)33(40)36-29-14-12-24(2)13-15-29/h4-15,20-21,23,25H,3,16-19H2,1-2H3,(H,36,40)/b27-20-. The number of ether oxygens (including phenoxy) is 1. The molecule has 1 aliphatic rings. The zero-order valence-corrected chi connectivity index (χ0v) is 25.8. The number of amides is 1. The number of rotatable bonds is 9. The summed E-state index contributed by atoms with van der Waals surface area (Å²) < 4.78 is 35.5. The maximum Gasteiger partial charge on any atom is 0.309 e. The van der Waals surface area contributed by atoms with Gasteiger partial charge >= 0.3 is 5.97 Å². The number of hydrogen-bond donors (Lipinski definition) is 1. The fourth-order valence-corrected chi connectivity index (χ4v) is 6.63. The van der Waals surface area contributed by atoms with E-state index in [9.17, 15) is 23.3 Å². The summed E-state index contributed by atoms with van der Waals surface area (Å²) in [5.41, 5.74) is 3.54. The van der Waals surface area contributed by atoms with Gasteiger partial charge in [-0.1, -0.05) is 48.0 Å². The number of sulfonamides is 1. The average molecular weight is 624 g/mol. The van der Waals surface area contributed by atoms with Crippen LogP contribution in [0.1, 0.15) is 30.9 Å². The molecule has 1 amide bonds. The maximum atomic E-state index is 13.7. The number of esters is 1. The van der Waals surface area contributed by atoms with Crippen molar-refractivity contribution in [1.29, 1.82) is 5.26 Å². The van der Waals surface area contributed by atoms with E-state index in [-0.39, 0.29) is 42.1 Å². The molecule has 0 bridgehead atoms. The van der Waals surface area contributed by atoms with Crippen molar-refractivity contribution in [3.63, 3.8) is 0 Å². The van der Waals surface area contributed by atoms with Crippen LogP contribution in [0.25, 0.3) is 23.0 Å². The van der Waals surface area contributed by atoms with Crippen LogP contribution in [-0.4, -0.2) is 54.1 Å². The number of benzene rings is 3. The van der Waals surface area contributed by atoms with E-state index in [1.54, 1.807) is 48.1 Å². The number of carbonyl (C=O) groups is 2. The smallest absolute Gasteiger partial charge is 0.309 e. The van der Waals surface area contributed by atoms with Gasteiger partial charge in [-0.25, -0.2) is 13.1 Å². The third-order valence-corrected chi connectivity index (χ3v) is 9.45. The Kier molecular flexibility index (Phi) is 9.56. The molecule has 4 aromatic rings. The highest BCUT2D eigenvalue weighted by Gasteiger charge is 2.33. The number of nitrogens with one attached hydrogen (secondary N) is 1. The minimum Gasteiger partial charge on any atom is -0.466 e. The van der Waals surface area contributed by atoms with Crippen LogP contribution in [0.5, 0.6) is 0 Å². The van der Waals surface area contributed by atoms with Crippen molar-refractivity contribution in [2.75, 3.05) is 25.0 Å². The second-order valence-electron chi connectivity index (χ2n) is 10.7. The van der Waals surface area contributed by atoms with Gasteiger partial charge in [0.1, 0.15) is 17.3 Å². The van der Waals surface area contributed by atoms with Crippen LogP contribution in [0.2, 0.25) is 0 Å². The number of carbonyl (C=O) groups excluding carboxylic acids is 2. The molecule has 11 heteroatoms. The van der Waals surface area contributed by atoms with E-state index in [1.165, 1.54) is 16.4 Å². The van der Waals surface area contributed by atoms with Crippen LogP contribution in [0.4, 0.5) is 5.69 Å². The monoisotopic (exact) mass is 623 g/mol. The first-order valence-corrected chi connectivity index (χ1v) is 16.1. The quantitative estimate of drug-likeness (QED) is 0.151. The third kappa shape index (κ3) is 7.20. The van der Waals surface area contributed by atoms with Crippen LogP contribution >= 0.6 is 0 Å². The van der Waals surface area contributed by atoms with E-state index in [1.807, 2.05) is 55.5 Å². The molecule has 0 aliphatic carbocycles. The molecule has 5 rings (SSSR count). The molecule has 230 valence electrons. The van der Waals surface area contributed by atoms with Gasteiger partial charge in [0.2, 0.25) is 10.0 Å². The van der Waals surface area contributed by atoms with Crippen molar-refractivity contribution in [2.45, 2.75) is 31.6 Å². The van der Waals surface area contributed by atoms with Gasteiger partial charge in [0.05, 0.1) is 23.1 Å². The number of hydrogen-bond acceptors (Lipinski definition) is 7. The Balaban J connectivity index is 1.48. The predicted octanol–water partition coefficient (Wildman–Crippen LogP) is 5.36. The Morgan fingerprint density at radius 2 is 1.76 bits per heavy atom. The molecule has 0 unspecified atom stereocenters. The number of anilines is 1. The second-order valence-corrected chi connectivity index (χ2v) is 12.6. The van der Waals surface area contributed by atoms with Gasteiger partial charge in [0.25, 0.3) is 5.91 Å². The normalized spacial score (nSPS) is 14.5. The molecule has 0 radical (unpaired) electrons. The Labute approximate surface area is 262 Å². The summed E-state index contributed by atoms with van der Waals surface area (Å²) in [5.74, 6) is -1.20. The molecule has 10 nitrogen and oxygen atoms in total.